The third-order valence-corrected chi connectivity index (χ3v) is 6.18. The van der Waals surface area contributed by atoms with Crippen LogP contribution in [0.25, 0.3) is 10.9 Å². The number of hydrogen-bond acceptors (Lipinski definition) is 6. The zero-order valence-electron chi connectivity index (χ0n) is 17.9. The van der Waals surface area contributed by atoms with Gasteiger partial charge in [0.1, 0.15) is 5.82 Å². The molecule has 0 spiro atoms. The lowest BCUT2D eigenvalue weighted by Crippen LogP contribution is -2.15. The number of nitrogens with zero attached hydrogens (tertiary/aromatic N) is 2. The molecule has 7 nitrogen and oxygen atoms in total. The summed E-state index contributed by atoms with van der Waals surface area (Å²) in [5.74, 6) is 0.246. The number of carbonyl (C=O) groups excluding carboxylic acids is 2. The number of benzene rings is 3. The van der Waals surface area contributed by atoms with Crippen molar-refractivity contribution in [3.63, 3.8) is 0 Å². The van der Waals surface area contributed by atoms with Gasteiger partial charge in [0.2, 0.25) is 11.8 Å². The normalized spacial score (nSPS) is 10.5. The zero-order valence-corrected chi connectivity index (χ0v) is 20.3. The lowest BCUT2D eigenvalue weighted by atomic mass is 10.2. The Kier molecular flexibility index (Phi) is 7.56. The van der Waals surface area contributed by atoms with E-state index in [9.17, 15) is 9.59 Å². The molecule has 1 aromatic heterocycles. The maximum Gasteiger partial charge on any atom is 0.247 e. The van der Waals surface area contributed by atoms with Crippen molar-refractivity contribution in [2.45, 2.75) is 5.16 Å². The quantitative estimate of drug-likeness (QED) is 0.146. The number of hydrogen-bond donors (Lipinski definition) is 3. The van der Waals surface area contributed by atoms with E-state index in [1.54, 1.807) is 24.3 Å². The van der Waals surface area contributed by atoms with Gasteiger partial charge in [-0.2, -0.15) is 0 Å². The van der Waals surface area contributed by atoms with Crippen LogP contribution in [0, 0.1) is 0 Å². The Bertz CT molecular complexity index is 1380. The van der Waals surface area contributed by atoms with Gasteiger partial charge in [0.25, 0.3) is 0 Å². The highest BCUT2D eigenvalue weighted by molar-refractivity contribution is 9.10. The van der Waals surface area contributed by atoms with Gasteiger partial charge in [-0.1, -0.05) is 48.7 Å². The van der Waals surface area contributed by atoms with Crippen molar-refractivity contribution in [2.24, 2.45) is 0 Å². The largest absolute Gasteiger partial charge is 0.339 e. The van der Waals surface area contributed by atoms with E-state index in [-0.39, 0.29) is 17.6 Å². The van der Waals surface area contributed by atoms with Crippen molar-refractivity contribution < 1.29 is 9.59 Å². The first-order chi connectivity index (χ1) is 16.5. The monoisotopic (exact) mass is 533 g/mol. The molecular formula is C25H20BrN5O2S. The van der Waals surface area contributed by atoms with E-state index in [0.717, 1.165) is 21.1 Å². The number of halogens is 1. The van der Waals surface area contributed by atoms with Crippen molar-refractivity contribution in [1.29, 1.82) is 0 Å². The van der Waals surface area contributed by atoms with Crippen LogP contribution in [0.3, 0.4) is 0 Å². The molecule has 0 unspecified atom stereocenters. The van der Waals surface area contributed by atoms with E-state index in [1.165, 1.54) is 17.8 Å². The molecule has 9 heteroatoms. The standard InChI is InChI=1S/C25H20BrN5O2S/c1-2-22(32)27-16-8-7-9-17(14-16)28-23(33)15-34-25-30-20-12-5-3-10-18(20)24(31-25)29-21-13-6-4-11-19(21)26/h2-14H,1,15H2,(H,27,32)(H,28,33)(H,29,30,31). The molecule has 0 bridgehead atoms. The number of carbonyl (C=O) groups is 2. The fraction of sp³-hybridized carbons (Fsp3) is 0.0400. The average molecular weight is 534 g/mol. The third kappa shape index (κ3) is 6.00. The maximum absolute atomic E-state index is 12.5. The van der Waals surface area contributed by atoms with Crippen molar-refractivity contribution in [3.05, 3.63) is 89.9 Å². The van der Waals surface area contributed by atoms with Gasteiger partial charge >= 0.3 is 0 Å². The molecule has 0 radical (unpaired) electrons. The van der Waals surface area contributed by atoms with Crippen LogP contribution in [0.5, 0.6) is 0 Å². The smallest absolute Gasteiger partial charge is 0.247 e. The lowest BCUT2D eigenvalue weighted by Gasteiger charge is -2.12. The highest BCUT2D eigenvalue weighted by Gasteiger charge is 2.12. The molecule has 170 valence electrons. The highest BCUT2D eigenvalue weighted by Crippen LogP contribution is 2.30. The Morgan fingerprint density at radius 2 is 1.68 bits per heavy atom. The van der Waals surface area contributed by atoms with Gasteiger partial charge in [0.05, 0.1) is 17.0 Å². The Labute approximate surface area is 209 Å². The van der Waals surface area contributed by atoms with E-state index in [0.29, 0.717) is 22.3 Å². The summed E-state index contributed by atoms with van der Waals surface area (Å²) in [6.07, 6.45) is 1.19. The lowest BCUT2D eigenvalue weighted by molar-refractivity contribution is -0.114. The Morgan fingerprint density at radius 3 is 2.47 bits per heavy atom. The number of nitrogens with one attached hydrogen (secondary N) is 3. The number of fused-ring (bicyclic) bond motifs is 1. The number of para-hydroxylation sites is 2. The van der Waals surface area contributed by atoms with E-state index < -0.39 is 0 Å². The molecule has 1 heterocycles. The van der Waals surface area contributed by atoms with Gasteiger partial charge < -0.3 is 16.0 Å². The number of amides is 2. The first-order valence-electron chi connectivity index (χ1n) is 10.3. The van der Waals surface area contributed by atoms with Gasteiger partial charge in [-0.25, -0.2) is 9.97 Å². The minimum atomic E-state index is -0.320. The fourth-order valence-corrected chi connectivity index (χ4v) is 4.14. The fourth-order valence-electron chi connectivity index (χ4n) is 3.10. The Hall–Kier alpha value is -3.69. The van der Waals surface area contributed by atoms with Crippen molar-refractivity contribution in [2.75, 3.05) is 21.7 Å². The molecule has 0 aliphatic heterocycles. The van der Waals surface area contributed by atoms with Crippen LogP contribution in [-0.4, -0.2) is 27.5 Å². The van der Waals surface area contributed by atoms with E-state index in [4.69, 9.17) is 0 Å². The predicted octanol–water partition coefficient (Wildman–Crippen LogP) is 5.99. The van der Waals surface area contributed by atoms with Gasteiger partial charge in [-0.05, 0) is 64.5 Å². The molecule has 0 aliphatic rings. The maximum atomic E-state index is 12.5. The average Bonchev–Trinajstić information content (AvgIpc) is 2.84. The van der Waals surface area contributed by atoms with Crippen LogP contribution in [0.2, 0.25) is 0 Å². The second-order valence-corrected chi connectivity index (χ2v) is 8.88. The Balaban J connectivity index is 1.48. The second kappa shape index (κ2) is 11.0. The molecule has 0 atom stereocenters. The van der Waals surface area contributed by atoms with Crippen molar-refractivity contribution >= 4 is 73.3 Å². The van der Waals surface area contributed by atoms with Crippen LogP contribution >= 0.6 is 27.7 Å². The van der Waals surface area contributed by atoms with Gasteiger partial charge in [0.15, 0.2) is 5.16 Å². The molecular weight excluding hydrogens is 514 g/mol. The number of anilines is 4. The number of aromatic nitrogens is 2. The summed E-state index contributed by atoms with van der Waals surface area (Å²) in [6, 6.07) is 22.4. The van der Waals surface area contributed by atoms with Crippen LogP contribution in [0.4, 0.5) is 22.9 Å². The van der Waals surface area contributed by atoms with Crippen LogP contribution in [0.1, 0.15) is 0 Å². The summed E-state index contributed by atoms with van der Waals surface area (Å²) in [5.41, 5.74) is 2.79. The topological polar surface area (TPSA) is 96.0 Å². The Morgan fingerprint density at radius 1 is 0.941 bits per heavy atom. The predicted molar refractivity (Wildman–Crippen MR) is 142 cm³/mol. The summed E-state index contributed by atoms with van der Waals surface area (Å²) in [5, 5.41) is 10.2. The van der Waals surface area contributed by atoms with Gasteiger partial charge in [0, 0.05) is 21.2 Å². The molecule has 2 amide bonds. The third-order valence-electron chi connectivity index (χ3n) is 4.64. The molecule has 0 fully saturated rings. The minimum Gasteiger partial charge on any atom is -0.339 e. The summed E-state index contributed by atoms with van der Waals surface area (Å²) >= 11 is 4.79. The second-order valence-electron chi connectivity index (χ2n) is 7.09. The molecule has 0 aliphatic carbocycles. The number of rotatable bonds is 8. The minimum absolute atomic E-state index is 0.121. The molecule has 3 aromatic carbocycles. The summed E-state index contributed by atoms with van der Waals surface area (Å²) < 4.78 is 0.915. The van der Waals surface area contributed by atoms with E-state index in [2.05, 4.69) is 48.4 Å². The van der Waals surface area contributed by atoms with Crippen LogP contribution in [-0.2, 0) is 9.59 Å². The van der Waals surface area contributed by atoms with E-state index in [1.807, 2.05) is 48.5 Å². The summed E-state index contributed by atoms with van der Waals surface area (Å²) in [6.45, 7) is 3.43. The molecule has 3 N–H and O–H groups in total. The summed E-state index contributed by atoms with van der Waals surface area (Å²) in [4.78, 5) is 33.3. The summed E-state index contributed by atoms with van der Waals surface area (Å²) in [7, 11) is 0. The van der Waals surface area contributed by atoms with E-state index >= 15 is 0 Å². The van der Waals surface area contributed by atoms with Crippen molar-refractivity contribution in [3.8, 4) is 0 Å². The first kappa shape index (κ1) is 23.5. The number of thioether (sulfide) groups is 1. The van der Waals surface area contributed by atoms with Crippen molar-refractivity contribution in [1.82, 2.24) is 9.97 Å². The van der Waals surface area contributed by atoms with Crippen LogP contribution in [0.15, 0.2) is 95.1 Å². The zero-order chi connectivity index (χ0) is 23.9. The SMILES string of the molecule is C=CC(=O)Nc1cccc(NC(=O)CSc2nc(Nc3ccccc3Br)c3ccccc3n2)c1. The highest BCUT2D eigenvalue weighted by atomic mass is 79.9. The first-order valence-corrected chi connectivity index (χ1v) is 12.0. The van der Waals surface area contributed by atoms with Gasteiger partial charge in [-0.15, -0.1) is 0 Å². The van der Waals surface area contributed by atoms with Gasteiger partial charge in [-0.3, -0.25) is 9.59 Å². The molecule has 0 saturated heterocycles. The molecule has 0 saturated carbocycles. The molecule has 4 aromatic rings. The molecule has 34 heavy (non-hydrogen) atoms. The molecule has 4 rings (SSSR count). The van der Waals surface area contributed by atoms with Crippen LogP contribution < -0.4 is 16.0 Å².